The maximum atomic E-state index is 12.3. The van der Waals surface area contributed by atoms with Crippen molar-refractivity contribution in [2.75, 3.05) is 12.4 Å². The molecule has 0 saturated heterocycles. The number of rotatable bonds is 2. The molecule has 4 nitrogen and oxygen atoms in total. The molecule has 4 rings (SSSR count). The largest absolute Gasteiger partial charge is 0.496 e. The number of amides is 1. The number of hydrogen-bond donors (Lipinski definition) is 1. The van der Waals surface area contributed by atoms with Crippen molar-refractivity contribution in [3.05, 3.63) is 52.0 Å². The van der Waals surface area contributed by atoms with Gasteiger partial charge in [-0.15, -0.1) is 0 Å². The van der Waals surface area contributed by atoms with Crippen LogP contribution in [0.5, 0.6) is 11.5 Å². The summed E-state index contributed by atoms with van der Waals surface area (Å²) in [6.45, 7) is 2.03. The van der Waals surface area contributed by atoms with Crippen LogP contribution in [0, 0.1) is 0 Å². The van der Waals surface area contributed by atoms with Gasteiger partial charge in [0, 0.05) is 39.4 Å². The molecule has 1 amide bonds. The predicted octanol–water partition coefficient (Wildman–Crippen LogP) is 4.16. The van der Waals surface area contributed by atoms with E-state index >= 15 is 0 Å². The van der Waals surface area contributed by atoms with E-state index in [4.69, 9.17) is 21.1 Å². The highest BCUT2D eigenvalue weighted by molar-refractivity contribution is 6.36. The number of methoxy groups -OCH3 is 1. The number of carbonyl (C=O) groups is 1. The molecule has 0 bridgehead atoms. The van der Waals surface area contributed by atoms with Crippen LogP contribution in [0.3, 0.4) is 0 Å². The standard InChI is InChI=1S/C19H16ClNO3/c1-10-5-11-7-17(23-2)12(8-18(11)24-10)6-15-14-9-13(20)3-4-16(14)21-19(15)22/h3-4,6-10H,5H2,1-2H3,(H,21,22). The van der Waals surface area contributed by atoms with Crippen molar-refractivity contribution in [1.82, 2.24) is 0 Å². The second kappa shape index (κ2) is 5.56. The zero-order valence-electron chi connectivity index (χ0n) is 13.4. The van der Waals surface area contributed by atoms with Crippen LogP contribution in [-0.4, -0.2) is 19.1 Å². The van der Waals surface area contributed by atoms with Crippen LogP contribution >= 0.6 is 11.6 Å². The second-order valence-electron chi connectivity index (χ2n) is 6.04. The van der Waals surface area contributed by atoms with Gasteiger partial charge >= 0.3 is 0 Å². The third kappa shape index (κ3) is 2.43. The molecule has 1 unspecified atom stereocenters. The smallest absolute Gasteiger partial charge is 0.256 e. The topological polar surface area (TPSA) is 47.6 Å². The summed E-state index contributed by atoms with van der Waals surface area (Å²) in [6.07, 6.45) is 2.84. The number of halogens is 1. The van der Waals surface area contributed by atoms with Crippen LogP contribution in [-0.2, 0) is 11.2 Å². The Hall–Kier alpha value is -2.46. The van der Waals surface area contributed by atoms with Crippen molar-refractivity contribution in [1.29, 1.82) is 0 Å². The first-order chi connectivity index (χ1) is 11.5. The summed E-state index contributed by atoms with van der Waals surface area (Å²) >= 11 is 6.08. The third-order valence-corrected chi connectivity index (χ3v) is 4.55. The Labute approximate surface area is 145 Å². The third-order valence-electron chi connectivity index (χ3n) is 4.31. The van der Waals surface area contributed by atoms with Crippen LogP contribution in [0.25, 0.3) is 11.6 Å². The van der Waals surface area contributed by atoms with Gasteiger partial charge in [-0.3, -0.25) is 4.79 Å². The minimum absolute atomic E-state index is 0.149. The summed E-state index contributed by atoms with van der Waals surface area (Å²) in [6, 6.07) is 9.27. The molecule has 0 aliphatic carbocycles. The van der Waals surface area contributed by atoms with Crippen LogP contribution in [0.1, 0.15) is 23.6 Å². The minimum Gasteiger partial charge on any atom is -0.496 e. The lowest BCUT2D eigenvalue weighted by atomic mass is 10.0. The monoisotopic (exact) mass is 341 g/mol. The van der Waals surface area contributed by atoms with Gasteiger partial charge in [-0.1, -0.05) is 11.6 Å². The van der Waals surface area contributed by atoms with E-state index in [1.807, 2.05) is 25.1 Å². The second-order valence-corrected chi connectivity index (χ2v) is 6.47. The Kier molecular flexibility index (Phi) is 3.50. The van der Waals surface area contributed by atoms with Gasteiger partial charge in [-0.25, -0.2) is 0 Å². The summed E-state index contributed by atoms with van der Waals surface area (Å²) in [4.78, 5) is 12.3. The molecule has 2 aliphatic rings. The van der Waals surface area contributed by atoms with Crippen LogP contribution in [0.4, 0.5) is 5.69 Å². The Morgan fingerprint density at radius 3 is 2.96 bits per heavy atom. The van der Waals surface area contributed by atoms with Crippen molar-refractivity contribution in [2.24, 2.45) is 0 Å². The molecular formula is C19H16ClNO3. The number of fused-ring (bicyclic) bond motifs is 2. The lowest BCUT2D eigenvalue weighted by Gasteiger charge is -2.09. The molecule has 0 spiro atoms. The highest BCUT2D eigenvalue weighted by Gasteiger charge is 2.26. The molecule has 122 valence electrons. The molecule has 1 N–H and O–H groups in total. The highest BCUT2D eigenvalue weighted by atomic mass is 35.5. The summed E-state index contributed by atoms with van der Waals surface area (Å²) in [5.74, 6) is 1.42. The number of hydrogen-bond acceptors (Lipinski definition) is 3. The first-order valence-electron chi connectivity index (χ1n) is 7.75. The maximum Gasteiger partial charge on any atom is 0.256 e. The summed E-state index contributed by atoms with van der Waals surface area (Å²) in [5.41, 5.74) is 4.06. The fourth-order valence-electron chi connectivity index (χ4n) is 3.20. The van der Waals surface area contributed by atoms with E-state index < -0.39 is 0 Å². The molecule has 2 heterocycles. The highest BCUT2D eigenvalue weighted by Crippen LogP contribution is 2.39. The molecule has 0 radical (unpaired) electrons. The summed E-state index contributed by atoms with van der Waals surface area (Å²) in [5, 5.41) is 3.45. The van der Waals surface area contributed by atoms with E-state index in [1.54, 1.807) is 25.3 Å². The number of carbonyl (C=O) groups excluding carboxylic acids is 1. The van der Waals surface area contributed by atoms with Gasteiger partial charge in [0.05, 0.1) is 7.11 Å². The maximum absolute atomic E-state index is 12.3. The van der Waals surface area contributed by atoms with Gasteiger partial charge in [0.15, 0.2) is 0 Å². The lowest BCUT2D eigenvalue weighted by molar-refractivity contribution is -0.110. The van der Waals surface area contributed by atoms with Crippen LogP contribution in [0.2, 0.25) is 5.02 Å². The SMILES string of the molecule is COc1cc2c(cc1C=C1C(=O)Nc3ccc(Cl)cc31)OC(C)C2. The number of ether oxygens (including phenoxy) is 2. The molecule has 24 heavy (non-hydrogen) atoms. The Morgan fingerprint density at radius 2 is 2.17 bits per heavy atom. The van der Waals surface area contributed by atoms with Gasteiger partial charge in [0.25, 0.3) is 5.91 Å². The van der Waals surface area contributed by atoms with Gasteiger partial charge in [0.1, 0.15) is 17.6 Å². The first-order valence-corrected chi connectivity index (χ1v) is 8.13. The molecule has 2 aliphatic heterocycles. The Morgan fingerprint density at radius 1 is 1.33 bits per heavy atom. The minimum atomic E-state index is -0.149. The predicted molar refractivity (Wildman–Crippen MR) is 94.7 cm³/mol. The zero-order valence-corrected chi connectivity index (χ0v) is 14.1. The Balaban J connectivity index is 1.84. The van der Waals surface area contributed by atoms with Gasteiger partial charge in [0.2, 0.25) is 0 Å². The molecule has 0 fully saturated rings. The van der Waals surface area contributed by atoms with Crippen molar-refractivity contribution < 1.29 is 14.3 Å². The van der Waals surface area contributed by atoms with E-state index in [0.29, 0.717) is 10.6 Å². The van der Waals surface area contributed by atoms with Crippen molar-refractivity contribution >= 4 is 34.8 Å². The molecule has 2 aromatic rings. The number of benzene rings is 2. The normalized spacial score (nSPS) is 19.7. The van der Waals surface area contributed by atoms with E-state index in [0.717, 1.165) is 40.3 Å². The van der Waals surface area contributed by atoms with Crippen molar-refractivity contribution in [3.63, 3.8) is 0 Å². The van der Waals surface area contributed by atoms with Gasteiger partial charge < -0.3 is 14.8 Å². The quantitative estimate of drug-likeness (QED) is 0.834. The number of anilines is 1. The van der Waals surface area contributed by atoms with Gasteiger partial charge in [-0.2, -0.15) is 0 Å². The fraction of sp³-hybridized carbons (Fsp3) is 0.211. The van der Waals surface area contributed by atoms with E-state index in [2.05, 4.69) is 5.32 Å². The molecule has 0 aromatic heterocycles. The van der Waals surface area contributed by atoms with E-state index in [-0.39, 0.29) is 12.0 Å². The first kappa shape index (κ1) is 15.1. The summed E-state index contributed by atoms with van der Waals surface area (Å²) < 4.78 is 11.3. The van der Waals surface area contributed by atoms with Crippen LogP contribution < -0.4 is 14.8 Å². The van der Waals surface area contributed by atoms with E-state index in [9.17, 15) is 4.79 Å². The summed E-state index contributed by atoms with van der Waals surface area (Å²) in [7, 11) is 1.63. The molecule has 0 saturated carbocycles. The van der Waals surface area contributed by atoms with Gasteiger partial charge in [-0.05, 0) is 43.3 Å². The van der Waals surface area contributed by atoms with Crippen LogP contribution in [0.15, 0.2) is 30.3 Å². The molecular weight excluding hydrogens is 326 g/mol. The zero-order chi connectivity index (χ0) is 16.8. The molecule has 2 aromatic carbocycles. The van der Waals surface area contributed by atoms with Crippen molar-refractivity contribution in [2.45, 2.75) is 19.4 Å². The molecule has 5 heteroatoms. The Bertz CT molecular complexity index is 888. The average Bonchev–Trinajstić information content (AvgIpc) is 3.05. The number of nitrogens with one attached hydrogen (secondary N) is 1. The fourth-order valence-corrected chi connectivity index (χ4v) is 3.38. The van der Waals surface area contributed by atoms with E-state index in [1.165, 1.54) is 0 Å². The molecule has 1 atom stereocenters. The van der Waals surface area contributed by atoms with Crippen molar-refractivity contribution in [3.8, 4) is 11.5 Å². The lowest BCUT2D eigenvalue weighted by Crippen LogP contribution is -2.05. The average molecular weight is 342 g/mol.